The van der Waals surface area contributed by atoms with Gasteiger partial charge in [-0.05, 0) is 27.2 Å². The van der Waals surface area contributed by atoms with Gasteiger partial charge in [0.15, 0.2) is 0 Å². The first-order valence-electron chi connectivity index (χ1n) is 7.86. The van der Waals surface area contributed by atoms with Crippen LogP contribution in [0.25, 0.3) is 0 Å². The monoisotopic (exact) mass is 334 g/mol. The molecule has 130 valence electrons. The molecule has 1 fully saturated rings. The lowest BCUT2D eigenvalue weighted by atomic mass is 9.95. The van der Waals surface area contributed by atoms with Crippen LogP contribution in [0.5, 0.6) is 0 Å². The maximum atomic E-state index is 12.4. The molecular weight excluding hydrogens is 304 g/mol. The summed E-state index contributed by atoms with van der Waals surface area (Å²) in [5, 5.41) is 2.88. The lowest BCUT2D eigenvalue weighted by Crippen LogP contribution is -2.58. The van der Waals surface area contributed by atoms with E-state index in [0.717, 1.165) is 19.5 Å². The molecule has 0 bridgehead atoms. The predicted molar refractivity (Wildman–Crippen MR) is 91.0 cm³/mol. The molecule has 1 rings (SSSR count). The van der Waals surface area contributed by atoms with Crippen molar-refractivity contribution >= 4 is 24.2 Å². The Morgan fingerprint density at radius 2 is 1.77 bits per heavy atom. The molecule has 0 spiro atoms. The summed E-state index contributed by atoms with van der Waals surface area (Å²) in [7, 11) is 0. The highest BCUT2D eigenvalue weighted by molar-refractivity contribution is 5.86. The fourth-order valence-electron chi connectivity index (χ4n) is 2.67. The SMILES string of the molecule is CCCC(C)(N)C(=O)N1CCN(CC(=O)NC(C)C)CC1.Cl. The molecule has 1 aliphatic heterocycles. The Morgan fingerprint density at radius 3 is 2.23 bits per heavy atom. The van der Waals surface area contributed by atoms with Crippen LogP contribution in [0.3, 0.4) is 0 Å². The number of carbonyl (C=O) groups is 2. The van der Waals surface area contributed by atoms with Gasteiger partial charge < -0.3 is 16.0 Å². The summed E-state index contributed by atoms with van der Waals surface area (Å²) in [6, 6.07) is 0.160. The first kappa shape index (κ1) is 21.1. The maximum absolute atomic E-state index is 12.4. The third kappa shape index (κ3) is 6.50. The summed E-state index contributed by atoms with van der Waals surface area (Å²) < 4.78 is 0. The summed E-state index contributed by atoms with van der Waals surface area (Å²) in [6.45, 7) is 10.9. The highest BCUT2D eigenvalue weighted by Gasteiger charge is 2.33. The van der Waals surface area contributed by atoms with Gasteiger partial charge in [0.25, 0.3) is 0 Å². The molecule has 6 nitrogen and oxygen atoms in total. The minimum absolute atomic E-state index is 0. The first-order chi connectivity index (χ1) is 9.76. The minimum Gasteiger partial charge on any atom is -0.353 e. The molecule has 1 aliphatic rings. The van der Waals surface area contributed by atoms with Crippen molar-refractivity contribution in [3.8, 4) is 0 Å². The zero-order chi connectivity index (χ0) is 16.0. The standard InChI is InChI=1S/C15H30N4O2.ClH/c1-5-6-15(4,16)14(21)19-9-7-18(8-10-19)11-13(20)17-12(2)3;/h12H,5-11,16H2,1-4H3,(H,17,20);1H. The van der Waals surface area contributed by atoms with Crippen LogP contribution < -0.4 is 11.1 Å². The number of hydrogen-bond acceptors (Lipinski definition) is 4. The van der Waals surface area contributed by atoms with Crippen molar-refractivity contribution in [1.82, 2.24) is 15.1 Å². The number of carbonyl (C=O) groups excluding carboxylic acids is 2. The smallest absolute Gasteiger partial charge is 0.242 e. The van der Waals surface area contributed by atoms with Crippen molar-refractivity contribution in [2.75, 3.05) is 32.7 Å². The molecular formula is C15H31ClN4O2. The van der Waals surface area contributed by atoms with Gasteiger partial charge in [0.1, 0.15) is 0 Å². The summed E-state index contributed by atoms with van der Waals surface area (Å²) in [4.78, 5) is 28.0. The number of nitrogens with one attached hydrogen (secondary N) is 1. The quantitative estimate of drug-likeness (QED) is 0.745. The molecule has 1 saturated heterocycles. The molecule has 0 radical (unpaired) electrons. The van der Waals surface area contributed by atoms with Gasteiger partial charge in [-0.15, -0.1) is 12.4 Å². The van der Waals surface area contributed by atoms with Gasteiger partial charge in [-0.1, -0.05) is 13.3 Å². The van der Waals surface area contributed by atoms with Crippen LogP contribution in [0, 0.1) is 0 Å². The Hall–Kier alpha value is -0.850. The van der Waals surface area contributed by atoms with Crippen LogP contribution in [-0.2, 0) is 9.59 Å². The van der Waals surface area contributed by atoms with Gasteiger partial charge >= 0.3 is 0 Å². The van der Waals surface area contributed by atoms with E-state index in [0.29, 0.717) is 26.1 Å². The highest BCUT2D eigenvalue weighted by atomic mass is 35.5. The second kappa shape index (κ2) is 9.33. The fourth-order valence-corrected chi connectivity index (χ4v) is 2.67. The van der Waals surface area contributed by atoms with E-state index in [9.17, 15) is 9.59 Å². The maximum Gasteiger partial charge on any atom is 0.242 e. The predicted octanol–water partition coefficient (Wildman–Crippen LogP) is 0.595. The number of rotatable bonds is 6. The van der Waals surface area contributed by atoms with Crippen molar-refractivity contribution in [3.05, 3.63) is 0 Å². The number of amides is 2. The van der Waals surface area contributed by atoms with E-state index < -0.39 is 5.54 Å². The molecule has 1 atom stereocenters. The van der Waals surface area contributed by atoms with E-state index in [4.69, 9.17) is 5.73 Å². The Morgan fingerprint density at radius 1 is 1.23 bits per heavy atom. The van der Waals surface area contributed by atoms with Gasteiger partial charge in [-0.25, -0.2) is 0 Å². The Bertz CT molecular complexity index is 367. The molecule has 1 unspecified atom stereocenters. The van der Waals surface area contributed by atoms with E-state index in [-0.39, 0.29) is 30.3 Å². The molecule has 0 aliphatic carbocycles. The highest BCUT2D eigenvalue weighted by Crippen LogP contribution is 2.14. The number of halogens is 1. The van der Waals surface area contributed by atoms with Crippen molar-refractivity contribution < 1.29 is 9.59 Å². The van der Waals surface area contributed by atoms with E-state index >= 15 is 0 Å². The van der Waals surface area contributed by atoms with Gasteiger partial charge in [-0.2, -0.15) is 0 Å². The third-order valence-electron chi connectivity index (χ3n) is 3.73. The minimum atomic E-state index is -0.772. The van der Waals surface area contributed by atoms with E-state index in [1.165, 1.54) is 0 Å². The van der Waals surface area contributed by atoms with Crippen LogP contribution in [0.1, 0.15) is 40.5 Å². The summed E-state index contributed by atoms with van der Waals surface area (Å²) in [5.74, 6) is 0.0649. The number of hydrogen-bond donors (Lipinski definition) is 2. The summed E-state index contributed by atoms with van der Waals surface area (Å²) in [6.07, 6.45) is 1.59. The average molecular weight is 335 g/mol. The van der Waals surface area contributed by atoms with Crippen molar-refractivity contribution in [3.63, 3.8) is 0 Å². The normalized spacial score (nSPS) is 18.5. The second-order valence-corrected chi connectivity index (χ2v) is 6.46. The average Bonchev–Trinajstić information content (AvgIpc) is 2.37. The van der Waals surface area contributed by atoms with Gasteiger partial charge in [0.2, 0.25) is 11.8 Å². The van der Waals surface area contributed by atoms with Crippen LogP contribution in [-0.4, -0.2) is 65.9 Å². The van der Waals surface area contributed by atoms with Crippen LogP contribution >= 0.6 is 12.4 Å². The van der Waals surface area contributed by atoms with Crippen LogP contribution in [0.4, 0.5) is 0 Å². The molecule has 1 heterocycles. The zero-order valence-electron chi connectivity index (χ0n) is 14.2. The molecule has 3 N–H and O–H groups in total. The number of nitrogens with zero attached hydrogens (tertiary/aromatic N) is 2. The molecule has 0 aromatic rings. The third-order valence-corrected chi connectivity index (χ3v) is 3.73. The lowest BCUT2D eigenvalue weighted by Gasteiger charge is -2.38. The van der Waals surface area contributed by atoms with E-state index in [1.807, 2.05) is 25.7 Å². The van der Waals surface area contributed by atoms with Crippen molar-refractivity contribution in [1.29, 1.82) is 0 Å². The fraction of sp³-hybridized carbons (Fsp3) is 0.867. The molecule has 0 aromatic carbocycles. The zero-order valence-corrected chi connectivity index (χ0v) is 15.0. The van der Waals surface area contributed by atoms with Crippen molar-refractivity contribution in [2.45, 2.75) is 52.1 Å². The first-order valence-corrected chi connectivity index (χ1v) is 7.86. The summed E-state index contributed by atoms with van der Waals surface area (Å²) >= 11 is 0. The molecule has 2 amide bonds. The number of nitrogens with two attached hydrogens (primary N) is 1. The number of piperazine rings is 1. The molecule has 0 saturated carbocycles. The topological polar surface area (TPSA) is 78.7 Å². The summed E-state index contributed by atoms with van der Waals surface area (Å²) in [5.41, 5.74) is 5.33. The molecule has 7 heteroatoms. The van der Waals surface area contributed by atoms with Gasteiger partial charge in [0, 0.05) is 32.2 Å². The van der Waals surface area contributed by atoms with Gasteiger partial charge in [-0.3, -0.25) is 14.5 Å². The Labute approximate surface area is 140 Å². The largest absolute Gasteiger partial charge is 0.353 e. The van der Waals surface area contributed by atoms with Crippen molar-refractivity contribution in [2.24, 2.45) is 5.73 Å². The van der Waals surface area contributed by atoms with Crippen LogP contribution in [0.2, 0.25) is 0 Å². The molecule has 22 heavy (non-hydrogen) atoms. The van der Waals surface area contributed by atoms with E-state index in [1.54, 1.807) is 6.92 Å². The Balaban J connectivity index is 0.00000441. The van der Waals surface area contributed by atoms with Crippen LogP contribution in [0.15, 0.2) is 0 Å². The molecule has 0 aromatic heterocycles. The van der Waals surface area contributed by atoms with Gasteiger partial charge in [0.05, 0.1) is 12.1 Å². The Kier molecular flexibility index (Phi) is 8.96. The second-order valence-electron chi connectivity index (χ2n) is 6.46. The lowest BCUT2D eigenvalue weighted by molar-refractivity contribution is -0.138. The van der Waals surface area contributed by atoms with E-state index in [2.05, 4.69) is 10.2 Å².